The zero-order valence-corrected chi connectivity index (χ0v) is 15.7. The lowest BCUT2D eigenvalue weighted by Gasteiger charge is -2.38. The van der Waals surface area contributed by atoms with Crippen molar-refractivity contribution in [3.05, 3.63) is 48.5 Å². The Morgan fingerprint density at radius 3 is 2.93 bits per heavy atom. The number of carbonyl (C=O) groups excluding carboxylic acids is 1. The lowest BCUT2D eigenvalue weighted by Crippen LogP contribution is -2.47. The molecule has 3 aromatic rings. The molecule has 1 amide bonds. The molecule has 7 nitrogen and oxygen atoms in total. The topological polar surface area (TPSA) is 81.4 Å². The summed E-state index contributed by atoms with van der Waals surface area (Å²) in [5, 5.41) is 7.62. The van der Waals surface area contributed by atoms with Gasteiger partial charge in [0, 0.05) is 36.8 Å². The van der Waals surface area contributed by atoms with E-state index < -0.39 is 0 Å². The zero-order chi connectivity index (χ0) is 19.0. The number of rotatable bonds is 3. The molecule has 1 saturated heterocycles. The van der Waals surface area contributed by atoms with Crippen LogP contribution in [0.4, 0.5) is 0 Å². The molecule has 7 heteroatoms. The summed E-state index contributed by atoms with van der Waals surface area (Å²) in [5.41, 5.74) is 2.81. The smallest absolute Gasteiger partial charge is 0.256 e. The molecule has 144 valence electrons. The normalized spacial score (nSPS) is 21.2. The molecule has 0 aromatic carbocycles. The van der Waals surface area contributed by atoms with Gasteiger partial charge in [-0.15, -0.1) is 0 Å². The number of fused-ring (bicyclic) bond motifs is 1. The molecular weight excluding hydrogens is 354 g/mol. The summed E-state index contributed by atoms with van der Waals surface area (Å²) in [6, 6.07) is 5.85. The van der Waals surface area contributed by atoms with Crippen LogP contribution in [0.25, 0.3) is 16.9 Å². The van der Waals surface area contributed by atoms with Gasteiger partial charge in [-0.05, 0) is 43.9 Å². The monoisotopic (exact) mass is 377 g/mol. The summed E-state index contributed by atoms with van der Waals surface area (Å²) in [4.78, 5) is 21.6. The Morgan fingerprint density at radius 2 is 2.11 bits per heavy atom. The molecule has 1 saturated carbocycles. The van der Waals surface area contributed by atoms with Crippen LogP contribution in [-0.2, 0) is 4.74 Å². The molecule has 1 spiro atoms. The second-order valence-electron chi connectivity index (χ2n) is 7.77. The molecule has 3 aromatic heterocycles. The number of hydrogen-bond acceptors (Lipinski definition) is 5. The molecule has 2 fully saturated rings. The number of nitrogens with zero attached hydrogens (tertiary/aromatic N) is 4. The summed E-state index contributed by atoms with van der Waals surface area (Å²) in [7, 11) is 0. The molecule has 1 unspecified atom stereocenters. The third kappa shape index (κ3) is 3.05. The predicted molar refractivity (Wildman–Crippen MR) is 104 cm³/mol. The van der Waals surface area contributed by atoms with E-state index in [0.29, 0.717) is 17.8 Å². The Morgan fingerprint density at radius 1 is 1.21 bits per heavy atom. The molecule has 1 aliphatic heterocycles. The predicted octanol–water partition coefficient (Wildman–Crippen LogP) is 3.01. The summed E-state index contributed by atoms with van der Waals surface area (Å²) < 4.78 is 7.78. The van der Waals surface area contributed by atoms with Gasteiger partial charge >= 0.3 is 0 Å². The number of aromatic nitrogens is 4. The molecule has 4 heterocycles. The average Bonchev–Trinajstić information content (AvgIpc) is 3.36. The van der Waals surface area contributed by atoms with Gasteiger partial charge in [-0.1, -0.05) is 12.8 Å². The fourth-order valence-electron chi connectivity index (χ4n) is 4.57. The number of pyridine rings is 1. The number of ether oxygens (including phenoxy) is 1. The number of amides is 1. The van der Waals surface area contributed by atoms with Crippen LogP contribution in [0.3, 0.4) is 0 Å². The van der Waals surface area contributed by atoms with E-state index in [1.807, 2.05) is 18.2 Å². The van der Waals surface area contributed by atoms with E-state index in [2.05, 4.69) is 20.4 Å². The first-order valence-corrected chi connectivity index (χ1v) is 9.92. The highest BCUT2D eigenvalue weighted by Crippen LogP contribution is 2.40. The third-order valence-corrected chi connectivity index (χ3v) is 5.95. The summed E-state index contributed by atoms with van der Waals surface area (Å²) in [6.07, 6.45) is 13.2. The number of carbonyl (C=O) groups is 1. The maximum atomic E-state index is 13.0. The lowest BCUT2D eigenvalue weighted by atomic mass is 9.89. The van der Waals surface area contributed by atoms with Crippen LogP contribution in [-0.4, -0.2) is 43.7 Å². The van der Waals surface area contributed by atoms with E-state index in [-0.39, 0.29) is 17.6 Å². The minimum Gasteiger partial charge on any atom is -0.375 e. The Bertz CT molecular complexity index is 994. The molecule has 2 aliphatic rings. The number of nitrogens with one attached hydrogen (secondary N) is 1. The average molecular weight is 377 g/mol. The maximum absolute atomic E-state index is 13.0. The van der Waals surface area contributed by atoms with Crippen LogP contribution in [0, 0.1) is 0 Å². The van der Waals surface area contributed by atoms with Gasteiger partial charge < -0.3 is 10.1 Å². The van der Waals surface area contributed by atoms with Gasteiger partial charge in [0.2, 0.25) is 0 Å². The molecular formula is C21H23N5O2. The Labute approximate surface area is 163 Å². The first-order valence-electron chi connectivity index (χ1n) is 9.92. The van der Waals surface area contributed by atoms with Crippen LogP contribution in [0.2, 0.25) is 0 Å². The quantitative estimate of drug-likeness (QED) is 0.759. The van der Waals surface area contributed by atoms with E-state index in [9.17, 15) is 4.79 Å². The maximum Gasteiger partial charge on any atom is 0.256 e. The van der Waals surface area contributed by atoms with Crippen molar-refractivity contribution in [1.29, 1.82) is 0 Å². The largest absolute Gasteiger partial charge is 0.375 e. The van der Waals surface area contributed by atoms with Crippen molar-refractivity contribution < 1.29 is 9.53 Å². The highest BCUT2D eigenvalue weighted by molar-refractivity contribution is 6.00. The zero-order valence-electron chi connectivity index (χ0n) is 15.7. The minimum atomic E-state index is -0.120. The van der Waals surface area contributed by atoms with E-state index in [1.54, 1.807) is 29.3 Å². The molecule has 28 heavy (non-hydrogen) atoms. The van der Waals surface area contributed by atoms with E-state index in [1.165, 1.54) is 12.8 Å². The summed E-state index contributed by atoms with van der Waals surface area (Å²) in [6.45, 7) is 0.711. The van der Waals surface area contributed by atoms with E-state index >= 15 is 0 Å². The second-order valence-corrected chi connectivity index (χ2v) is 7.77. The molecule has 0 bridgehead atoms. The van der Waals surface area contributed by atoms with Gasteiger partial charge in [0.15, 0.2) is 5.65 Å². The molecule has 1 N–H and O–H groups in total. The van der Waals surface area contributed by atoms with Crippen LogP contribution in [0.1, 0.15) is 48.9 Å². The van der Waals surface area contributed by atoms with E-state index in [0.717, 1.165) is 36.9 Å². The number of hydrogen-bond donors (Lipinski definition) is 1. The van der Waals surface area contributed by atoms with E-state index in [4.69, 9.17) is 4.74 Å². The van der Waals surface area contributed by atoms with Crippen LogP contribution >= 0.6 is 0 Å². The van der Waals surface area contributed by atoms with Crippen LogP contribution in [0.5, 0.6) is 0 Å². The standard InChI is InChI=1S/C21H23N5O2/c27-20(25-16-6-11-28-21(12-16)7-1-2-8-21)17-14-24-26-18(5-10-23-19(17)26)15-4-3-9-22-13-15/h3-5,9-10,13-14,16H,1-2,6-8,11-12H2,(H,25,27). The molecule has 1 atom stereocenters. The van der Waals surface area contributed by atoms with Gasteiger partial charge in [-0.25, -0.2) is 9.50 Å². The second kappa shape index (κ2) is 6.98. The van der Waals surface area contributed by atoms with Gasteiger partial charge in [-0.3, -0.25) is 9.78 Å². The van der Waals surface area contributed by atoms with Gasteiger partial charge in [0.25, 0.3) is 5.91 Å². The van der Waals surface area contributed by atoms with Crippen molar-refractivity contribution in [2.45, 2.75) is 50.2 Å². The van der Waals surface area contributed by atoms with Crippen molar-refractivity contribution in [1.82, 2.24) is 24.9 Å². The van der Waals surface area contributed by atoms with Crippen LogP contribution < -0.4 is 5.32 Å². The SMILES string of the molecule is O=C(NC1CCOC2(CCCC2)C1)c1cnn2c(-c3cccnc3)ccnc12. The molecule has 0 radical (unpaired) electrons. The van der Waals surface area contributed by atoms with Crippen molar-refractivity contribution in [3.63, 3.8) is 0 Å². The minimum absolute atomic E-state index is 0.0248. The highest BCUT2D eigenvalue weighted by Gasteiger charge is 2.40. The highest BCUT2D eigenvalue weighted by atomic mass is 16.5. The van der Waals surface area contributed by atoms with Crippen molar-refractivity contribution in [3.8, 4) is 11.3 Å². The Hall–Kier alpha value is -2.80. The third-order valence-electron chi connectivity index (χ3n) is 5.95. The summed E-state index contributed by atoms with van der Waals surface area (Å²) in [5.74, 6) is -0.120. The van der Waals surface area contributed by atoms with Crippen molar-refractivity contribution in [2.75, 3.05) is 6.61 Å². The van der Waals surface area contributed by atoms with Crippen LogP contribution in [0.15, 0.2) is 43.0 Å². The van der Waals surface area contributed by atoms with Gasteiger partial charge in [0.1, 0.15) is 5.56 Å². The fraction of sp³-hybridized carbons (Fsp3) is 0.429. The van der Waals surface area contributed by atoms with Gasteiger partial charge in [-0.2, -0.15) is 5.10 Å². The lowest BCUT2D eigenvalue weighted by molar-refractivity contribution is -0.0823. The van der Waals surface area contributed by atoms with Gasteiger partial charge in [0.05, 0.1) is 17.5 Å². The summed E-state index contributed by atoms with van der Waals surface area (Å²) >= 11 is 0. The van der Waals surface area contributed by atoms with Crippen molar-refractivity contribution >= 4 is 11.6 Å². The fourth-order valence-corrected chi connectivity index (χ4v) is 4.57. The first-order chi connectivity index (χ1) is 13.7. The molecule has 5 rings (SSSR count). The Balaban J connectivity index is 1.40. The first kappa shape index (κ1) is 17.3. The molecule has 1 aliphatic carbocycles. The van der Waals surface area contributed by atoms with Crippen molar-refractivity contribution in [2.24, 2.45) is 0 Å². The Kier molecular flexibility index (Phi) is 4.31.